The van der Waals surface area contributed by atoms with E-state index in [4.69, 9.17) is 46.9 Å². The quantitative estimate of drug-likeness (QED) is 0.0401. The summed E-state index contributed by atoms with van der Waals surface area (Å²) in [5, 5.41) is 7.28. The van der Waals surface area contributed by atoms with E-state index in [2.05, 4.69) is 15.8 Å². The van der Waals surface area contributed by atoms with Gasteiger partial charge in [-0.3, -0.25) is 9.59 Å². The molecule has 0 aliphatic heterocycles. The van der Waals surface area contributed by atoms with Gasteiger partial charge >= 0.3 is 11.9 Å². The average Bonchev–Trinajstić information content (AvgIpc) is 3.17. The Labute approximate surface area is 319 Å². The minimum Gasteiger partial charge on any atom is -0.493 e. The van der Waals surface area contributed by atoms with Gasteiger partial charge in [-0.05, 0) is 78.9 Å². The summed E-state index contributed by atoms with van der Waals surface area (Å²) in [5.41, 5.74) is 4.36. The number of methoxy groups -OCH3 is 3. The van der Waals surface area contributed by atoms with Gasteiger partial charge in [0, 0.05) is 39.0 Å². The van der Waals surface area contributed by atoms with Gasteiger partial charge in [0.15, 0.2) is 11.5 Å². The second-order valence-corrected chi connectivity index (χ2v) is 11.8. The summed E-state index contributed by atoms with van der Waals surface area (Å²) in [6.45, 7) is 0. The number of amides is 2. The Bertz CT molecular complexity index is 2230. The highest BCUT2D eigenvalue weighted by atomic mass is 35.5. The molecule has 0 heterocycles. The first-order chi connectivity index (χ1) is 26.1. The number of halogens is 2. The standard InChI is InChI=1S/C40H31Cl2N3O9/c1-50-34-20-27(21-35(51-2)37(34)52-3)38(47)44-29-16-12-25(13-17-29)39(48)45-43-23-26-9-5-7-11-33(26)53-36(46)19-14-24-8-4-6-10-32(24)54-40(49)30-18-15-28(41)22-31(30)42/h4-23H,1-3H3,(H,44,47)(H,45,48)/b19-14+,43-23+. The number of ether oxygens (including phenoxy) is 5. The van der Waals surface area contributed by atoms with Crippen LogP contribution in [0.15, 0.2) is 114 Å². The molecule has 0 spiro atoms. The molecule has 0 bridgehead atoms. The summed E-state index contributed by atoms with van der Waals surface area (Å²) < 4.78 is 27.0. The third kappa shape index (κ3) is 9.82. The lowest BCUT2D eigenvalue weighted by Gasteiger charge is -2.14. The Balaban J connectivity index is 1.18. The van der Waals surface area contributed by atoms with Crippen LogP contribution in [0.4, 0.5) is 5.69 Å². The summed E-state index contributed by atoms with van der Waals surface area (Å²) in [5.74, 6) is -1.00. The first kappa shape index (κ1) is 38.6. The Morgan fingerprint density at radius 2 is 1.28 bits per heavy atom. The summed E-state index contributed by atoms with van der Waals surface area (Å²) in [7, 11) is 4.37. The van der Waals surface area contributed by atoms with Crippen LogP contribution in [0.2, 0.25) is 10.0 Å². The molecule has 274 valence electrons. The molecular weight excluding hydrogens is 737 g/mol. The summed E-state index contributed by atoms with van der Waals surface area (Å²) in [4.78, 5) is 51.3. The fraction of sp³-hybridized carbons (Fsp3) is 0.0750. The molecule has 0 atom stereocenters. The second-order valence-electron chi connectivity index (χ2n) is 11.0. The Morgan fingerprint density at radius 1 is 0.648 bits per heavy atom. The highest BCUT2D eigenvalue weighted by Gasteiger charge is 2.18. The van der Waals surface area contributed by atoms with Crippen molar-refractivity contribution in [3.05, 3.63) is 147 Å². The first-order valence-electron chi connectivity index (χ1n) is 15.9. The lowest BCUT2D eigenvalue weighted by molar-refractivity contribution is -0.128. The summed E-state index contributed by atoms with van der Waals surface area (Å²) >= 11 is 12.1. The van der Waals surface area contributed by atoms with Gasteiger partial charge in [0.1, 0.15) is 11.5 Å². The molecule has 0 radical (unpaired) electrons. The number of hydrogen-bond donors (Lipinski definition) is 2. The topological polar surface area (TPSA) is 151 Å². The van der Waals surface area contributed by atoms with Crippen molar-refractivity contribution in [3.8, 4) is 28.7 Å². The predicted molar refractivity (Wildman–Crippen MR) is 205 cm³/mol. The van der Waals surface area contributed by atoms with Crippen LogP contribution >= 0.6 is 23.2 Å². The van der Waals surface area contributed by atoms with Crippen molar-refractivity contribution in [3.63, 3.8) is 0 Å². The molecule has 0 saturated heterocycles. The number of benzene rings is 5. The minimum atomic E-state index is -0.723. The van der Waals surface area contributed by atoms with Gasteiger partial charge in [-0.25, -0.2) is 15.0 Å². The first-order valence-corrected chi connectivity index (χ1v) is 16.7. The number of rotatable bonds is 13. The second kappa shape index (κ2) is 18.2. The highest BCUT2D eigenvalue weighted by Crippen LogP contribution is 2.38. The van der Waals surface area contributed by atoms with E-state index >= 15 is 0 Å². The molecule has 0 fully saturated rings. The zero-order valence-corrected chi connectivity index (χ0v) is 30.4. The average molecular weight is 769 g/mol. The molecule has 5 aromatic rings. The molecule has 0 aliphatic carbocycles. The van der Waals surface area contributed by atoms with Crippen molar-refractivity contribution in [1.29, 1.82) is 0 Å². The maximum absolute atomic E-state index is 12.9. The van der Waals surface area contributed by atoms with Crippen LogP contribution in [-0.4, -0.2) is 51.3 Å². The van der Waals surface area contributed by atoms with Gasteiger partial charge in [-0.1, -0.05) is 53.5 Å². The molecule has 2 amide bonds. The zero-order valence-electron chi connectivity index (χ0n) is 28.9. The van der Waals surface area contributed by atoms with E-state index < -0.39 is 23.8 Å². The molecule has 0 aromatic heterocycles. The minimum absolute atomic E-state index is 0.127. The fourth-order valence-electron chi connectivity index (χ4n) is 4.85. The molecule has 14 heteroatoms. The van der Waals surface area contributed by atoms with Crippen LogP contribution in [-0.2, 0) is 4.79 Å². The number of nitrogens with one attached hydrogen (secondary N) is 2. The molecular formula is C40H31Cl2N3O9. The monoisotopic (exact) mass is 767 g/mol. The predicted octanol–water partition coefficient (Wildman–Crippen LogP) is 7.87. The van der Waals surface area contributed by atoms with E-state index in [9.17, 15) is 19.2 Å². The van der Waals surface area contributed by atoms with Gasteiger partial charge in [0.2, 0.25) is 5.75 Å². The lowest BCUT2D eigenvalue weighted by atomic mass is 10.1. The van der Waals surface area contributed by atoms with E-state index in [1.807, 2.05) is 0 Å². The SMILES string of the molecule is COc1cc(C(=O)Nc2ccc(C(=O)N/N=C/c3ccccc3OC(=O)/C=C/c3ccccc3OC(=O)c3ccc(Cl)cc3Cl)cc2)cc(OC)c1OC. The number of nitrogens with zero attached hydrogens (tertiary/aromatic N) is 1. The van der Waals surface area contributed by atoms with Gasteiger partial charge in [0.05, 0.1) is 38.1 Å². The summed E-state index contributed by atoms with van der Waals surface area (Å²) in [6, 6.07) is 26.8. The van der Waals surface area contributed by atoms with Crippen molar-refractivity contribution in [2.24, 2.45) is 5.10 Å². The molecule has 5 rings (SSSR count). The van der Waals surface area contributed by atoms with Crippen molar-refractivity contribution in [2.75, 3.05) is 26.6 Å². The molecule has 0 unspecified atom stereocenters. The number of hydrazone groups is 1. The van der Waals surface area contributed by atoms with Crippen LogP contribution in [0.3, 0.4) is 0 Å². The Morgan fingerprint density at radius 3 is 1.91 bits per heavy atom. The van der Waals surface area contributed by atoms with E-state index in [0.717, 1.165) is 0 Å². The third-order valence-electron chi connectivity index (χ3n) is 7.50. The molecule has 0 aliphatic rings. The molecule has 5 aromatic carbocycles. The highest BCUT2D eigenvalue weighted by molar-refractivity contribution is 6.36. The molecule has 2 N–H and O–H groups in total. The zero-order chi connectivity index (χ0) is 38.6. The third-order valence-corrected chi connectivity index (χ3v) is 8.05. The maximum Gasteiger partial charge on any atom is 0.345 e. The van der Waals surface area contributed by atoms with Gasteiger partial charge in [0.25, 0.3) is 11.8 Å². The van der Waals surface area contributed by atoms with Gasteiger partial charge < -0.3 is 29.0 Å². The molecule has 0 saturated carbocycles. The van der Waals surface area contributed by atoms with Crippen molar-refractivity contribution in [2.45, 2.75) is 0 Å². The van der Waals surface area contributed by atoms with Crippen molar-refractivity contribution in [1.82, 2.24) is 5.43 Å². The van der Waals surface area contributed by atoms with Gasteiger partial charge in [-0.2, -0.15) is 5.10 Å². The summed E-state index contributed by atoms with van der Waals surface area (Å²) in [6.07, 6.45) is 3.94. The normalized spacial score (nSPS) is 10.8. The number of esters is 2. The van der Waals surface area contributed by atoms with Crippen LogP contribution in [0.1, 0.15) is 42.2 Å². The van der Waals surface area contributed by atoms with Crippen LogP contribution in [0, 0.1) is 0 Å². The van der Waals surface area contributed by atoms with Gasteiger partial charge in [-0.15, -0.1) is 0 Å². The number of anilines is 1. The van der Waals surface area contributed by atoms with E-state index in [1.54, 1.807) is 60.7 Å². The van der Waals surface area contributed by atoms with E-state index in [0.29, 0.717) is 39.1 Å². The van der Waals surface area contributed by atoms with Crippen LogP contribution in [0.25, 0.3) is 6.08 Å². The largest absolute Gasteiger partial charge is 0.493 e. The van der Waals surface area contributed by atoms with E-state index in [1.165, 1.54) is 82.2 Å². The number of hydrogen-bond acceptors (Lipinski definition) is 10. The van der Waals surface area contributed by atoms with Crippen molar-refractivity contribution >= 4 is 64.9 Å². The number of para-hydroxylation sites is 2. The fourth-order valence-corrected chi connectivity index (χ4v) is 5.33. The van der Waals surface area contributed by atoms with Crippen LogP contribution < -0.4 is 34.4 Å². The number of carbonyl (C=O) groups is 4. The Hall–Kier alpha value is -6.63. The van der Waals surface area contributed by atoms with E-state index in [-0.39, 0.29) is 33.2 Å². The van der Waals surface area contributed by atoms with Crippen molar-refractivity contribution < 1.29 is 42.9 Å². The lowest BCUT2D eigenvalue weighted by Crippen LogP contribution is -2.18. The van der Waals surface area contributed by atoms with Crippen LogP contribution in [0.5, 0.6) is 28.7 Å². The molecule has 54 heavy (non-hydrogen) atoms. The smallest absolute Gasteiger partial charge is 0.345 e. The number of carbonyl (C=O) groups excluding carboxylic acids is 4. The maximum atomic E-state index is 12.9. The Kier molecular flexibility index (Phi) is 13.0. The molecule has 12 nitrogen and oxygen atoms in total.